The molecule has 68 valence electrons. The van der Waals surface area contributed by atoms with Crippen LogP contribution >= 0.6 is 24.0 Å². The highest BCUT2D eigenvalue weighted by Gasteiger charge is 2.06. The number of para-hydroxylation sites is 1. The minimum atomic E-state index is 0. The lowest BCUT2D eigenvalue weighted by Gasteiger charge is -2.06. The van der Waals surface area contributed by atoms with Gasteiger partial charge in [0.2, 0.25) is 0 Å². The second kappa shape index (κ2) is 5.09. The summed E-state index contributed by atoms with van der Waals surface area (Å²) in [5.74, 6) is 5.84. The SMILES string of the molecule is COc1c(Cl)cccc1ON.Cl. The molecule has 0 aliphatic heterocycles. The Bertz CT molecular complexity index is 255. The fourth-order valence-electron chi connectivity index (χ4n) is 0.780. The Kier molecular flexibility index (Phi) is 4.81. The molecule has 0 aromatic heterocycles. The van der Waals surface area contributed by atoms with Crippen LogP contribution in [0.25, 0.3) is 0 Å². The van der Waals surface area contributed by atoms with Crippen molar-refractivity contribution in [2.24, 2.45) is 5.90 Å². The topological polar surface area (TPSA) is 44.5 Å². The van der Waals surface area contributed by atoms with Crippen LogP contribution in [0, 0.1) is 0 Å². The van der Waals surface area contributed by atoms with Crippen molar-refractivity contribution < 1.29 is 9.57 Å². The molecule has 0 radical (unpaired) electrons. The van der Waals surface area contributed by atoms with Crippen molar-refractivity contribution in [1.82, 2.24) is 0 Å². The third-order valence-corrected chi connectivity index (χ3v) is 1.56. The fraction of sp³-hybridized carbons (Fsp3) is 0.143. The highest BCUT2D eigenvalue weighted by molar-refractivity contribution is 6.32. The number of nitrogens with two attached hydrogens (primary N) is 1. The summed E-state index contributed by atoms with van der Waals surface area (Å²) in [6.45, 7) is 0. The summed E-state index contributed by atoms with van der Waals surface area (Å²) in [4.78, 5) is 4.51. The lowest BCUT2D eigenvalue weighted by atomic mass is 10.3. The van der Waals surface area contributed by atoms with Gasteiger partial charge in [-0.25, -0.2) is 0 Å². The summed E-state index contributed by atoms with van der Waals surface area (Å²) in [7, 11) is 1.50. The molecule has 1 aromatic rings. The Morgan fingerprint density at radius 1 is 1.42 bits per heavy atom. The molecule has 12 heavy (non-hydrogen) atoms. The average molecular weight is 210 g/mol. The van der Waals surface area contributed by atoms with Crippen LogP contribution in [0.5, 0.6) is 11.5 Å². The van der Waals surface area contributed by atoms with Crippen LogP contribution in [-0.4, -0.2) is 7.11 Å². The first-order chi connectivity index (χ1) is 5.29. The summed E-state index contributed by atoms with van der Waals surface area (Å²) < 4.78 is 4.93. The normalized spacial score (nSPS) is 8.58. The number of hydrogen-bond acceptors (Lipinski definition) is 3. The molecule has 0 bridgehead atoms. The van der Waals surface area contributed by atoms with E-state index < -0.39 is 0 Å². The smallest absolute Gasteiger partial charge is 0.190 e. The van der Waals surface area contributed by atoms with E-state index in [0.717, 1.165) is 0 Å². The molecular weight excluding hydrogens is 201 g/mol. The molecule has 0 spiro atoms. The molecule has 3 nitrogen and oxygen atoms in total. The predicted octanol–water partition coefficient (Wildman–Crippen LogP) is 2.02. The van der Waals surface area contributed by atoms with E-state index >= 15 is 0 Å². The molecule has 0 heterocycles. The van der Waals surface area contributed by atoms with E-state index in [2.05, 4.69) is 4.84 Å². The molecule has 2 N–H and O–H groups in total. The van der Waals surface area contributed by atoms with Crippen LogP contribution in [-0.2, 0) is 0 Å². The maximum atomic E-state index is 5.75. The highest BCUT2D eigenvalue weighted by Crippen LogP contribution is 2.33. The first-order valence-electron chi connectivity index (χ1n) is 2.99. The van der Waals surface area contributed by atoms with Gasteiger partial charge in [-0.15, -0.1) is 12.4 Å². The van der Waals surface area contributed by atoms with Gasteiger partial charge in [-0.05, 0) is 12.1 Å². The summed E-state index contributed by atoms with van der Waals surface area (Å²) in [6, 6.07) is 5.10. The number of methoxy groups -OCH3 is 1. The van der Waals surface area contributed by atoms with E-state index in [1.165, 1.54) is 7.11 Å². The number of rotatable bonds is 2. The van der Waals surface area contributed by atoms with Gasteiger partial charge in [0.1, 0.15) is 0 Å². The van der Waals surface area contributed by atoms with Crippen molar-refractivity contribution in [2.75, 3.05) is 7.11 Å². The van der Waals surface area contributed by atoms with E-state index in [0.29, 0.717) is 16.5 Å². The molecular formula is C7H9Cl2NO2. The van der Waals surface area contributed by atoms with Gasteiger partial charge < -0.3 is 9.57 Å². The number of hydrogen-bond donors (Lipinski definition) is 1. The van der Waals surface area contributed by atoms with Gasteiger partial charge in [0.05, 0.1) is 12.1 Å². The number of halogens is 2. The highest BCUT2D eigenvalue weighted by atomic mass is 35.5. The Morgan fingerprint density at radius 2 is 2.08 bits per heavy atom. The summed E-state index contributed by atoms with van der Waals surface area (Å²) in [5.41, 5.74) is 0. The van der Waals surface area contributed by atoms with Crippen LogP contribution in [0.15, 0.2) is 18.2 Å². The molecule has 0 saturated carbocycles. The second-order valence-corrected chi connectivity index (χ2v) is 2.30. The van der Waals surface area contributed by atoms with Crippen LogP contribution in [0.1, 0.15) is 0 Å². The molecule has 0 saturated heterocycles. The van der Waals surface area contributed by atoms with E-state index in [1.54, 1.807) is 18.2 Å². The number of benzene rings is 1. The molecule has 1 aromatic carbocycles. The largest absolute Gasteiger partial charge is 0.491 e. The van der Waals surface area contributed by atoms with E-state index in [4.69, 9.17) is 22.2 Å². The van der Waals surface area contributed by atoms with Gasteiger partial charge in [0.15, 0.2) is 11.5 Å². The summed E-state index contributed by atoms with van der Waals surface area (Å²) in [6.07, 6.45) is 0. The first-order valence-corrected chi connectivity index (χ1v) is 3.36. The standard InChI is InChI=1S/C7H8ClNO2.ClH/c1-10-7-5(8)3-2-4-6(7)11-9;/h2-4H,9H2,1H3;1H. The minimum Gasteiger partial charge on any atom is -0.491 e. The maximum absolute atomic E-state index is 5.75. The minimum absolute atomic E-state index is 0. The Hall–Kier alpha value is -0.640. The summed E-state index contributed by atoms with van der Waals surface area (Å²) in [5, 5.41) is 0.482. The van der Waals surface area contributed by atoms with Crippen molar-refractivity contribution in [3.63, 3.8) is 0 Å². The lowest BCUT2D eigenvalue weighted by molar-refractivity contribution is 0.306. The van der Waals surface area contributed by atoms with Crippen LogP contribution in [0.3, 0.4) is 0 Å². The Morgan fingerprint density at radius 3 is 2.50 bits per heavy atom. The van der Waals surface area contributed by atoms with Gasteiger partial charge in [-0.3, -0.25) is 0 Å². The van der Waals surface area contributed by atoms with Crippen molar-refractivity contribution in [3.8, 4) is 11.5 Å². The van der Waals surface area contributed by atoms with Gasteiger partial charge in [-0.1, -0.05) is 17.7 Å². The quantitative estimate of drug-likeness (QED) is 0.759. The average Bonchev–Trinajstić information content (AvgIpc) is 2.04. The van der Waals surface area contributed by atoms with E-state index in [1.807, 2.05) is 0 Å². The van der Waals surface area contributed by atoms with Crippen molar-refractivity contribution >= 4 is 24.0 Å². The van der Waals surface area contributed by atoms with Crippen molar-refractivity contribution in [2.45, 2.75) is 0 Å². The molecule has 0 atom stereocenters. The molecule has 0 fully saturated rings. The van der Waals surface area contributed by atoms with Crippen LogP contribution in [0.2, 0.25) is 5.02 Å². The third-order valence-electron chi connectivity index (χ3n) is 1.26. The van der Waals surface area contributed by atoms with E-state index in [-0.39, 0.29) is 12.4 Å². The lowest BCUT2D eigenvalue weighted by Crippen LogP contribution is -2.03. The van der Waals surface area contributed by atoms with Crippen LogP contribution in [0.4, 0.5) is 0 Å². The molecule has 0 aliphatic carbocycles. The van der Waals surface area contributed by atoms with E-state index in [9.17, 15) is 0 Å². The maximum Gasteiger partial charge on any atom is 0.190 e. The molecule has 5 heteroatoms. The molecule has 0 unspecified atom stereocenters. The van der Waals surface area contributed by atoms with Gasteiger partial charge in [0, 0.05) is 0 Å². The molecule has 1 rings (SSSR count). The van der Waals surface area contributed by atoms with Gasteiger partial charge in [-0.2, -0.15) is 5.90 Å². The monoisotopic (exact) mass is 209 g/mol. The number of ether oxygens (including phenoxy) is 1. The molecule has 0 amide bonds. The first kappa shape index (κ1) is 11.4. The molecule has 0 aliphatic rings. The van der Waals surface area contributed by atoms with Crippen molar-refractivity contribution in [1.29, 1.82) is 0 Å². The van der Waals surface area contributed by atoms with Crippen LogP contribution < -0.4 is 15.5 Å². The second-order valence-electron chi connectivity index (χ2n) is 1.89. The van der Waals surface area contributed by atoms with Gasteiger partial charge in [0.25, 0.3) is 0 Å². The summed E-state index contributed by atoms with van der Waals surface area (Å²) >= 11 is 5.75. The van der Waals surface area contributed by atoms with Crippen molar-refractivity contribution in [3.05, 3.63) is 23.2 Å². The Labute approximate surface area is 81.8 Å². The zero-order valence-electron chi connectivity index (χ0n) is 6.41. The predicted molar refractivity (Wildman–Crippen MR) is 50.1 cm³/mol. The zero-order valence-corrected chi connectivity index (χ0v) is 7.98. The third kappa shape index (κ3) is 2.17. The fourth-order valence-corrected chi connectivity index (χ4v) is 1.02. The zero-order chi connectivity index (χ0) is 8.27. The van der Waals surface area contributed by atoms with Gasteiger partial charge >= 0.3 is 0 Å². The Balaban J connectivity index is 0.00000121.